The number of hydrogen-bond donors (Lipinski definition) is 2. The van der Waals surface area contributed by atoms with E-state index in [1.54, 1.807) is 0 Å². The van der Waals surface area contributed by atoms with Crippen molar-refractivity contribution in [2.45, 2.75) is 12.6 Å². The smallest absolute Gasteiger partial charge is 0.401 e. The number of carboxylic acids is 1. The molecule has 5 nitrogen and oxygen atoms in total. The first-order valence-corrected chi connectivity index (χ1v) is 9.11. The van der Waals surface area contributed by atoms with Crippen molar-refractivity contribution in [2.75, 3.05) is 6.61 Å². The third kappa shape index (κ3) is 2.96. The molecule has 2 N–H and O–H groups in total. The van der Waals surface area contributed by atoms with Gasteiger partial charge in [-0.2, -0.15) is 8.78 Å². The van der Waals surface area contributed by atoms with Crippen LogP contribution in [-0.2, 0) is 14.8 Å². The van der Waals surface area contributed by atoms with Gasteiger partial charge >= 0.3 is 19.2 Å². The van der Waals surface area contributed by atoms with Gasteiger partial charge in [0.25, 0.3) is 0 Å². The highest BCUT2D eigenvalue weighted by Gasteiger charge is 2.53. The van der Waals surface area contributed by atoms with Crippen LogP contribution in [0.5, 0.6) is 0 Å². The monoisotopic (exact) mass is 414 g/mol. The standard InChI is InChI=1S/C12H10BrF2O5PS/c1-2-20-21(18,19)12(14,15)7-3-6-4-10(11(16)17)22-9(6)5-8(7)13/h3-5H,2H2,1H3,(H,16,17)(H,18,19). The molecule has 22 heavy (non-hydrogen) atoms. The van der Waals surface area contributed by atoms with E-state index in [0.29, 0.717) is 4.70 Å². The summed E-state index contributed by atoms with van der Waals surface area (Å²) in [6, 6.07) is 3.52. The van der Waals surface area contributed by atoms with Crippen LogP contribution in [0.15, 0.2) is 22.7 Å². The van der Waals surface area contributed by atoms with Crippen molar-refractivity contribution in [3.63, 3.8) is 0 Å². The van der Waals surface area contributed by atoms with Gasteiger partial charge in [0, 0.05) is 14.7 Å². The van der Waals surface area contributed by atoms with Crippen molar-refractivity contribution in [1.82, 2.24) is 0 Å². The molecule has 10 heteroatoms. The third-order valence-corrected chi connectivity index (χ3v) is 6.10. The predicted molar refractivity (Wildman–Crippen MR) is 81.8 cm³/mol. The quantitative estimate of drug-likeness (QED) is 0.696. The van der Waals surface area contributed by atoms with Gasteiger partial charge in [-0.05, 0) is 30.5 Å². The van der Waals surface area contributed by atoms with E-state index >= 15 is 0 Å². The van der Waals surface area contributed by atoms with Crippen LogP contribution in [0.3, 0.4) is 0 Å². The van der Waals surface area contributed by atoms with E-state index in [1.165, 1.54) is 19.1 Å². The molecule has 0 amide bonds. The van der Waals surface area contributed by atoms with Crippen molar-refractivity contribution < 1.29 is 32.7 Å². The maximum absolute atomic E-state index is 14.3. The number of halogens is 3. The van der Waals surface area contributed by atoms with Crippen LogP contribution in [0, 0.1) is 0 Å². The number of alkyl halides is 2. The molecule has 0 aliphatic carbocycles. The minimum absolute atomic E-state index is 0.0145. The number of fused-ring (bicyclic) bond motifs is 1. The van der Waals surface area contributed by atoms with Crippen LogP contribution in [0.25, 0.3) is 10.1 Å². The average Bonchev–Trinajstić information content (AvgIpc) is 2.80. The second kappa shape index (κ2) is 5.98. The molecule has 0 spiro atoms. The zero-order chi connectivity index (χ0) is 16.7. The molecule has 0 radical (unpaired) electrons. The van der Waals surface area contributed by atoms with E-state index in [0.717, 1.165) is 17.4 Å². The van der Waals surface area contributed by atoms with Crippen molar-refractivity contribution in [1.29, 1.82) is 0 Å². The first kappa shape index (κ1) is 17.5. The number of aromatic carboxylic acids is 1. The van der Waals surface area contributed by atoms with E-state index in [1.807, 2.05) is 0 Å². The molecule has 0 saturated heterocycles. The molecule has 0 aliphatic heterocycles. The number of benzene rings is 1. The number of rotatable bonds is 5. The van der Waals surface area contributed by atoms with E-state index in [9.17, 15) is 23.0 Å². The molecule has 0 bridgehead atoms. The number of carbonyl (C=O) groups is 1. The SMILES string of the molecule is CCOP(=O)(O)C(F)(F)c1cc2cc(C(=O)O)sc2cc1Br. The largest absolute Gasteiger partial charge is 0.477 e. The molecule has 0 saturated carbocycles. The fourth-order valence-corrected chi connectivity index (χ4v) is 4.63. The molecule has 2 rings (SSSR count). The molecule has 2 aromatic rings. The van der Waals surface area contributed by atoms with Crippen LogP contribution in [0.4, 0.5) is 8.78 Å². The summed E-state index contributed by atoms with van der Waals surface area (Å²) in [5.74, 6) is -1.17. The lowest BCUT2D eigenvalue weighted by atomic mass is 10.1. The van der Waals surface area contributed by atoms with Crippen LogP contribution >= 0.6 is 34.9 Å². The minimum Gasteiger partial charge on any atom is -0.477 e. The Hall–Kier alpha value is -0.860. The molecule has 1 heterocycles. The zero-order valence-corrected chi connectivity index (χ0v) is 14.3. The van der Waals surface area contributed by atoms with Crippen molar-refractivity contribution in [3.8, 4) is 0 Å². The van der Waals surface area contributed by atoms with E-state index in [-0.39, 0.29) is 21.3 Å². The molecule has 1 aromatic heterocycles. The maximum Gasteiger partial charge on any atom is 0.401 e. The van der Waals surface area contributed by atoms with Gasteiger partial charge < -0.3 is 14.5 Å². The van der Waals surface area contributed by atoms with Gasteiger partial charge in [0.1, 0.15) is 4.88 Å². The Morgan fingerprint density at radius 3 is 2.64 bits per heavy atom. The van der Waals surface area contributed by atoms with Gasteiger partial charge in [-0.1, -0.05) is 15.9 Å². The van der Waals surface area contributed by atoms with Crippen LogP contribution in [0.2, 0.25) is 0 Å². The topological polar surface area (TPSA) is 83.8 Å². The van der Waals surface area contributed by atoms with Crippen molar-refractivity contribution in [3.05, 3.63) is 33.1 Å². The highest BCUT2D eigenvalue weighted by atomic mass is 79.9. The molecule has 1 aromatic carbocycles. The highest BCUT2D eigenvalue weighted by molar-refractivity contribution is 9.10. The molecule has 120 valence electrons. The summed E-state index contributed by atoms with van der Waals surface area (Å²) >= 11 is 3.85. The van der Waals surface area contributed by atoms with Gasteiger partial charge in [-0.15, -0.1) is 11.3 Å². The maximum atomic E-state index is 14.3. The highest BCUT2D eigenvalue weighted by Crippen LogP contribution is 2.64. The van der Waals surface area contributed by atoms with Crippen LogP contribution < -0.4 is 0 Å². The Kier molecular flexibility index (Phi) is 4.75. The summed E-state index contributed by atoms with van der Waals surface area (Å²) in [5, 5.41) is 9.18. The molecule has 1 unspecified atom stereocenters. The van der Waals surface area contributed by atoms with E-state index < -0.39 is 24.8 Å². The normalized spacial score (nSPS) is 15.0. The summed E-state index contributed by atoms with van der Waals surface area (Å²) in [5.41, 5.74) is -4.85. The molecule has 0 fully saturated rings. The Balaban J connectivity index is 2.62. The number of thiophene rings is 1. The fourth-order valence-electron chi connectivity index (χ4n) is 1.81. The second-order valence-electron chi connectivity index (χ2n) is 4.27. The van der Waals surface area contributed by atoms with E-state index in [2.05, 4.69) is 20.5 Å². The zero-order valence-electron chi connectivity index (χ0n) is 11.0. The molecular formula is C12H10BrF2O5PS. The first-order valence-electron chi connectivity index (χ1n) is 5.92. The lowest BCUT2D eigenvalue weighted by Gasteiger charge is -2.23. The lowest BCUT2D eigenvalue weighted by molar-refractivity contribution is 0.0461. The number of carboxylic acid groups (broad SMARTS) is 1. The van der Waals surface area contributed by atoms with Gasteiger partial charge in [-0.3, -0.25) is 4.57 Å². The van der Waals surface area contributed by atoms with Crippen molar-refractivity contribution in [2.24, 2.45) is 0 Å². The molecule has 1 atom stereocenters. The average molecular weight is 415 g/mol. The Morgan fingerprint density at radius 1 is 1.45 bits per heavy atom. The number of hydrogen-bond acceptors (Lipinski definition) is 4. The van der Waals surface area contributed by atoms with Gasteiger partial charge in [0.2, 0.25) is 0 Å². The summed E-state index contributed by atoms with van der Waals surface area (Å²) in [6.45, 7) is 0.986. The predicted octanol–water partition coefficient (Wildman–Crippen LogP) is 4.63. The summed E-state index contributed by atoms with van der Waals surface area (Å²) in [4.78, 5) is 20.4. The summed E-state index contributed by atoms with van der Waals surface area (Å²) in [6.07, 6.45) is 0. The lowest BCUT2D eigenvalue weighted by Crippen LogP contribution is -2.16. The van der Waals surface area contributed by atoms with E-state index in [4.69, 9.17) is 5.11 Å². The Morgan fingerprint density at radius 2 is 2.09 bits per heavy atom. The Labute approximate surface area is 136 Å². The van der Waals surface area contributed by atoms with Crippen molar-refractivity contribution >= 4 is 50.9 Å². The Bertz CT molecular complexity index is 791. The third-order valence-electron chi connectivity index (χ3n) is 2.80. The fraction of sp³-hybridized carbons (Fsp3) is 0.250. The van der Waals surface area contributed by atoms with Gasteiger partial charge in [0.15, 0.2) is 0 Å². The summed E-state index contributed by atoms with van der Waals surface area (Å²) in [7, 11) is -5.21. The van der Waals surface area contributed by atoms with Crippen LogP contribution in [-0.4, -0.2) is 22.6 Å². The first-order chi connectivity index (χ1) is 10.1. The second-order valence-corrected chi connectivity index (χ2v) is 8.06. The summed E-state index contributed by atoms with van der Waals surface area (Å²) < 4.78 is 45.0. The molecular weight excluding hydrogens is 405 g/mol. The molecule has 0 aliphatic rings. The van der Waals surface area contributed by atoms with Crippen LogP contribution in [0.1, 0.15) is 22.2 Å². The van der Waals surface area contributed by atoms with Gasteiger partial charge in [0.05, 0.1) is 6.61 Å². The van der Waals surface area contributed by atoms with Gasteiger partial charge in [-0.25, -0.2) is 4.79 Å². The minimum atomic E-state index is -5.21.